The van der Waals surface area contributed by atoms with Gasteiger partial charge in [-0.15, -0.1) is 18.1 Å². The summed E-state index contributed by atoms with van der Waals surface area (Å²) < 4.78 is 1.80. The Labute approximate surface area is 303 Å². The minimum atomic E-state index is -0.0202. The van der Waals surface area contributed by atoms with Crippen LogP contribution in [0.15, 0.2) is 48.1 Å². The second-order valence-electron chi connectivity index (χ2n) is 18.8. The molecule has 0 amide bonds. The van der Waals surface area contributed by atoms with Crippen LogP contribution in [0.4, 0.5) is 0 Å². The second-order valence-corrected chi connectivity index (χ2v) is 20.6. The van der Waals surface area contributed by atoms with Crippen molar-refractivity contribution in [2.75, 3.05) is 0 Å². The van der Waals surface area contributed by atoms with Crippen LogP contribution in [-0.2, 0) is 41.5 Å². The van der Waals surface area contributed by atoms with Gasteiger partial charge in [0.1, 0.15) is 0 Å². The third-order valence-corrected chi connectivity index (χ3v) is 11.8. The number of benzene rings is 2. The van der Waals surface area contributed by atoms with Crippen molar-refractivity contribution in [1.29, 1.82) is 0 Å². The van der Waals surface area contributed by atoms with E-state index in [4.69, 9.17) is 0 Å². The normalized spacial score (nSPS) is 20.1. The quantitative estimate of drug-likeness (QED) is 0.205. The first-order valence-corrected chi connectivity index (χ1v) is 19.4. The molecule has 0 radical (unpaired) electrons. The van der Waals surface area contributed by atoms with E-state index in [0.717, 1.165) is 12.8 Å². The van der Waals surface area contributed by atoms with Gasteiger partial charge in [-0.3, -0.25) is 12.2 Å². The molecule has 5 aliphatic rings. The molecular formula is C46H60Zr. The molecule has 1 saturated carbocycles. The SMILES string of the molecule is CC(C)(C)C1=CC[C-]=C1.CC(C)(C)C1=[C-]C(C)(C)c2cc3c(cc21)-c1cc2c(cc1C3)C(C)(C)C=C2C(C)(C)C.[Zr+2]=[C]1CCCCC1. The molecule has 0 unspecified atom stereocenters. The third kappa shape index (κ3) is 7.67. The van der Waals surface area contributed by atoms with Crippen molar-refractivity contribution in [2.24, 2.45) is 16.2 Å². The Morgan fingerprint density at radius 2 is 1.23 bits per heavy atom. The molecule has 248 valence electrons. The van der Waals surface area contributed by atoms with Crippen LogP contribution in [0.3, 0.4) is 0 Å². The van der Waals surface area contributed by atoms with Crippen LogP contribution < -0.4 is 0 Å². The molecule has 0 atom stereocenters. The van der Waals surface area contributed by atoms with Gasteiger partial charge in [-0.2, -0.15) is 17.2 Å². The van der Waals surface area contributed by atoms with Crippen molar-refractivity contribution in [3.05, 3.63) is 93.6 Å². The van der Waals surface area contributed by atoms with Gasteiger partial charge >= 0.3 is 59.5 Å². The van der Waals surface area contributed by atoms with Crippen molar-refractivity contribution in [1.82, 2.24) is 0 Å². The zero-order valence-corrected chi connectivity index (χ0v) is 34.4. The zero-order valence-electron chi connectivity index (χ0n) is 32.0. The van der Waals surface area contributed by atoms with Gasteiger partial charge in [0, 0.05) is 5.41 Å². The van der Waals surface area contributed by atoms with Crippen LogP contribution in [0.2, 0.25) is 0 Å². The Morgan fingerprint density at radius 1 is 0.660 bits per heavy atom. The molecule has 2 aromatic rings. The van der Waals surface area contributed by atoms with Gasteiger partial charge < -0.3 is 0 Å². The molecule has 0 heterocycles. The Hall–Kier alpha value is -1.85. The minimum absolute atomic E-state index is 0.0202. The van der Waals surface area contributed by atoms with E-state index in [1.807, 2.05) is 0 Å². The first-order valence-electron chi connectivity index (χ1n) is 18.2. The van der Waals surface area contributed by atoms with E-state index in [1.165, 1.54) is 93.3 Å². The fourth-order valence-corrected chi connectivity index (χ4v) is 8.71. The molecule has 0 nitrogen and oxygen atoms in total. The number of hydrogen-bond donors (Lipinski definition) is 0. The van der Waals surface area contributed by atoms with Crippen LogP contribution >= 0.6 is 0 Å². The molecule has 2 aromatic carbocycles. The first kappa shape index (κ1) is 36.4. The predicted octanol–water partition coefficient (Wildman–Crippen LogP) is 12.9. The number of rotatable bonds is 0. The summed E-state index contributed by atoms with van der Waals surface area (Å²) in [5.74, 6) is 0. The molecule has 0 N–H and O–H groups in total. The summed E-state index contributed by atoms with van der Waals surface area (Å²) in [6, 6.07) is 10.0. The third-order valence-electron chi connectivity index (χ3n) is 10.6. The summed E-state index contributed by atoms with van der Waals surface area (Å²) in [4.78, 5) is 0. The molecule has 5 aliphatic carbocycles. The Morgan fingerprint density at radius 3 is 1.68 bits per heavy atom. The molecule has 1 fully saturated rings. The first-order chi connectivity index (χ1) is 21.6. The average molecular weight is 704 g/mol. The Bertz CT molecular complexity index is 1590. The van der Waals surface area contributed by atoms with Gasteiger partial charge in [-0.25, -0.2) is 11.6 Å². The van der Waals surface area contributed by atoms with Gasteiger partial charge in [0.2, 0.25) is 0 Å². The van der Waals surface area contributed by atoms with Gasteiger partial charge in [0.05, 0.1) is 0 Å². The molecule has 0 aliphatic heterocycles. The average Bonchev–Trinajstić information content (AvgIpc) is 3.71. The summed E-state index contributed by atoms with van der Waals surface area (Å²) in [5.41, 5.74) is 16.6. The van der Waals surface area contributed by atoms with Crippen molar-refractivity contribution in [3.63, 3.8) is 0 Å². The molecule has 0 saturated heterocycles. The number of hydrogen-bond acceptors (Lipinski definition) is 0. The van der Waals surface area contributed by atoms with E-state index in [9.17, 15) is 0 Å². The van der Waals surface area contributed by atoms with E-state index in [-0.39, 0.29) is 21.7 Å². The summed E-state index contributed by atoms with van der Waals surface area (Å²) >= 11 is 1.69. The molecule has 0 aromatic heterocycles. The maximum atomic E-state index is 3.85. The molecule has 0 spiro atoms. The number of fused-ring (bicyclic) bond motifs is 5. The predicted molar refractivity (Wildman–Crippen MR) is 202 cm³/mol. The summed E-state index contributed by atoms with van der Waals surface area (Å²) in [7, 11) is 0. The van der Waals surface area contributed by atoms with Gasteiger partial charge in [-0.05, 0) is 62.3 Å². The van der Waals surface area contributed by atoms with Crippen LogP contribution in [-0.4, -0.2) is 3.21 Å². The summed E-state index contributed by atoms with van der Waals surface area (Å²) in [6.07, 6.45) is 23.2. The van der Waals surface area contributed by atoms with Crippen LogP contribution in [0, 0.1) is 28.4 Å². The molecule has 1 heteroatoms. The van der Waals surface area contributed by atoms with Gasteiger partial charge in [0.15, 0.2) is 0 Å². The van der Waals surface area contributed by atoms with Crippen molar-refractivity contribution in [2.45, 2.75) is 146 Å². The number of allylic oxidation sites excluding steroid dienone is 8. The van der Waals surface area contributed by atoms with Crippen LogP contribution in [0.1, 0.15) is 162 Å². The van der Waals surface area contributed by atoms with E-state index < -0.39 is 0 Å². The van der Waals surface area contributed by atoms with Crippen molar-refractivity contribution < 1.29 is 24.2 Å². The molecule has 47 heavy (non-hydrogen) atoms. The van der Waals surface area contributed by atoms with E-state index in [1.54, 1.807) is 27.4 Å². The monoisotopic (exact) mass is 702 g/mol. The molecule has 0 bridgehead atoms. The van der Waals surface area contributed by atoms with Crippen LogP contribution in [0.5, 0.6) is 0 Å². The summed E-state index contributed by atoms with van der Waals surface area (Å²) in [5, 5.41) is 0. The van der Waals surface area contributed by atoms with Crippen molar-refractivity contribution >= 4 is 14.4 Å². The maximum absolute atomic E-state index is 3.85. The van der Waals surface area contributed by atoms with Crippen LogP contribution in [0.25, 0.3) is 22.3 Å². The van der Waals surface area contributed by atoms with Gasteiger partial charge in [0.25, 0.3) is 0 Å². The Kier molecular flexibility index (Phi) is 9.92. The standard InChI is InChI=1S/C31H37.C9H13.C6H10.Zr/c1-28(2,3)26-16-30(7,8)24-12-18-11-19-13-25-23(15-21(19)20(18)14-22(24)26)27(29(4,5)6)17-31(25,9)10;1-9(2,3)8-6-4-5-7-8;1-2-4-6-5-3-1;/h12-16H,11H2,1-10H3;6-7H,4H2,1-3H3;1-5H2;/q2*-1;;+2. The fourth-order valence-electron chi connectivity index (χ4n) is 7.84. The zero-order chi connectivity index (χ0) is 34.7. The molecule has 7 rings (SSSR count). The second kappa shape index (κ2) is 12.8. The van der Waals surface area contributed by atoms with Gasteiger partial charge in [-0.1, -0.05) is 119 Å². The van der Waals surface area contributed by atoms with Crippen molar-refractivity contribution in [3.8, 4) is 11.1 Å². The summed E-state index contributed by atoms with van der Waals surface area (Å²) in [6.45, 7) is 30.0. The topological polar surface area (TPSA) is 0 Å². The molecular weight excluding hydrogens is 644 g/mol. The Balaban J connectivity index is 0.000000221. The van der Waals surface area contributed by atoms with E-state index in [2.05, 4.69) is 145 Å². The van der Waals surface area contributed by atoms with E-state index in [0.29, 0.717) is 5.41 Å². The fraction of sp³-hybridized carbons (Fsp3) is 0.543. The van der Waals surface area contributed by atoms with E-state index >= 15 is 0 Å².